The fourth-order valence-corrected chi connectivity index (χ4v) is 3.88. The molecule has 3 rings (SSSR count). The number of amides is 1. The van der Waals surface area contributed by atoms with Crippen LogP contribution in [0.25, 0.3) is 11.0 Å². The number of carbonyl (C=O) groups is 1. The summed E-state index contributed by atoms with van der Waals surface area (Å²) in [7, 11) is 0. The summed E-state index contributed by atoms with van der Waals surface area (Å²) in [6.07, 6.45) is 5.03. The number of imidazole rings is 1. The first-order valence-corrected chi connectivity index (χ1v) is 11.8. The number of ether oxygens (including phenoxy) is 1. The summed E-state index contributed by atoms with van der Waals surface area (Å²) >= 11 is 0. The summed E-state index contributed by atoms with van der Waals surface area (Å²) in [6, 6.07) is 16.8. The molecule has 0 aliphatic heterocycles. The second kappa shape index (κ2) is 11.2. The van der Waals surface area contributed by atoms with Crippen LogP contribution in [-0.4, -0.2) is 28.6 Å². The second-order valence-electron chi connectivity index (χ2n) is 9.44. The molecule has 5 heteroatoms. The molecule has 0 radical (unpaired) electrons. The minimum atomic E-state index is 0.0409. The van der Waals surface area contributed by atoms with E-state index in [9.17, 15) is 4.79 Å². The van der Waals surface area contributed by atoms with Gasteiger partial charge in [-0.1, -0.05) is 51.5 Å². The van der Waals surface area contributed by atoms with Gasteiger partial charge >= 0.3 is 0 Å². The number of hydrogen-bond acceptors (Lipinski definition) is 3. The maximum Gasteiger partial charge on any atom is 0.216 e. The minimum Gasteiger partial charge on any atom is -0.494 e. The highest BCUT2D eigenvalue weighted by molar-refractivity contribution is 5.75. The summed E-state index contributed by atoms with van der Waals surface area (Å²) in [5, 5.41) is 2.86. The number of benzene rings is 2. The smallest absolute Gasteiger partial charge is 0.216 e. The molecule has 5 nitrogen and oxygen atoms in total. The number of aromatic nitrogens is 2. The Balaban J connectivity index is 1.53. The molecule has 3 aromatic rings. The van der Waals surface area contributed by atoms with Crippen molar-refractivity contribution >= 4 is 16.9 Å². The fourth-order valence-electron chi connectivity index (χ4n) is 3.88. The van der Waals surface area contributed by atoms with Crippen LogP contribution in [0, 0.1) is 0 Å². The Morgan fingerprint density at radius 3 is 2.47 bits per heavy atom. The van der Waals surface area contributed by atoms with E-state index in [0.29, 0.717) is 6.61 Å². The van der Waals surface area contributed by atoms with Gasteiger partial charge in [-0.05, 0) is 54.5 Å². The van der Waals surface area contributed by atoms with Crippen LogP contribution in [-0.2, 0) is 23.2 Å². The molecule has 172 valence electrons. The van der Waals surface area contributed by atoms with E-state index in [-0.39, 0.29) is 11.3 Å². The number of para-hydroxylation sites is 2. The van der Waals surface area contributed by atoms with Gasteiger partial charge in [-0.25, -0.2) is 4.98 Å². The maximum absolute atomic E-state index is 11.0. The highest BCUT2D eigenvalue weighted by Gasteiger charge is 2.13. The first-order chi connectivity index (χ1) is 15.3. The fraction of sp³-hybridized carbons (Fsp3) is 0.481. The molecule has 2 aromatic carbocycles. The highest BCUT2D eigenvalue weighted by atomic mass is 16.5. The van der Waals surface area contributed by atoms with Crippen LogP contribution in [0.3, 0.4) is 0 Å². The molecule has 1 heterocycles. The van der Waals surface area contributed by atoms with Gasteiger partial charge in [0.05, 0.1) is 17.6 Å². The Bertz CT molecular complexity index is 1000. The molecule has 0 saturated heterocycles. The summed E-state index contributed by atoms with van der Waals surface area (Å²) in [5.74, 6) is 2.10. The molecule has 0 bridgehead atoms. The SMILES string of the molecule is CC(=O)NCCCCCc1nc2ccccc2n1CCCOc1ccc(C(C)(C)C)cc1. The molecule has 0 unspecified atom stereocenters. The van der Waals surface area contributed by atoms with E-state index in [1.807, 2.05) is 6.07 Å². The molecule has 0 spiro atoms. The first-order valence-electron chi connectivity index (χ1n) is 11.8. The second-order valence-corrected chi connectivity index (χ2v) is 9.44. The predicted molar refractivity (Wildman–Crippen MR) is 131 cm³/mol. The molecule has 0 fully saturated rings. The Morgan fingerprint density at radius 2 is 1.75 bits per heavy atom. The van der Waals surface area contributed by atoms with Crippen LogP contribution in [0.5, 0.6) is 5.75 Å². The third-order valence-electron chi connectivity index (χ3n) is 5.70. The maximum atomic E-state index is 11.0. The van der Waals surface area contributed by atoms with Crippen molar-refractivity contribution in [2.45, 2.75) is 71.8 Å². The van der Waals surface area contributed by atoms with Crippen molar-refractivity contribution in [3.05, 3.63) is 59.9 Å². The summed E-state index contributed by atoms with van der Waals surface area (Å²) in [4.78, 5) is 15.9. The number of carbonyl (C=O) groups excluding carboxylic acids is 1. The average molecular weight is 436 g/mol. The lowest BCUT2D eigenvalue weighted by atomic mass is 9.87. The van der Waals surface area contributed by atoms with E-state index in [1.54, 1.807) is 6.92 Å². The summed E-state index contributed by atoms with van der Waals surface area (Å²) in [6.45, 7) is 10.5. The van der Waals surface area contributed by atoms with Gasteiger partial charge in [0.1, 0.15) is 11.6 Å². The zero-order chi connectivity index (χ0) is 23.0. The monoisotopic (exact) mass is 435 g/mol. The van der Waals surface area contributed by atoms with Crippen molar-refractivity contribution in [3.63, 3.8) is 0 Å². The highest BCUT2D eigenvalue weighted by Crippen LogP contribution is 2.24. The first kappa shape index (κ1) is 23.8. The van der Waals surface area contributed by atoms with Crippen LogP contribution < -0.4 is 10.1 Å². The van der Waals surface area contributed by atoms with E-state index in [0.717, 1.165) is 62.3 Å². The quantitative estimate of drug-likeness (QED) is 0.396. The molecule has 0 aliphatic carbocycles. The lowest BCUT2D eigenvalue weighted by Crippen LogP contribution is -2.20. The lowest BCUT2D eigenvalue weighted by molar-refractivity contribution is -0.118. The number of nitrogens with zero attached hydrogens (tertiary/aromatic N) is 2. The minimum absolute atomic E-state index is 0.0409. The third-order valence-corrected chi connectivity index (χ3v) is 5.70. The number of aryl methyl sites for hydroxylation is 2. The van der Waals surface area contributed by atoms with Crippen LogP contribution in [0.15, 0.2) is 48.5 Å². The van der Waals surface area contributed by atoms with Gasteiger partial charge in [-0.15, -0.1) is 0 Å². The largest absolute Gasteiger partial charge is 0.494 e. The Kier molecular flexibility index (Phi) is 8.32. The topological polar surface area (TPSA) is 56.2 Å². The van der Waals surface area contributed by atoms with Crippen molar-refractivity contribution in [3.8, 4) is 5.75 Å². The number of fused-ring (bicyclic) bond motifs is 1. The standard InChI is InChI=1S/C27H37N3O2/c1-21(31)28-18-9-5-6-13-26-29-24-11-7-8-12-25(24)30(26)19-10-20-32-23-16-14-22(15-17-23)27(2,3)4/h7-8,11-12,14-17H,5-6,9-10,13,18-20H2,1-4H3,(H,28,31). The molecule has 0 saturated carbocycles. The number of hydrogen-bond donors (Lipinski definition) is 1. The molecule has 0 atom stereocenters. The molecule has 0 aliphatic rings. The number of rotatable bonds is 11. The molecular weight excluding hydrogens is 398 g/mol. The van der Waals surface area contributed by atoms with E-state index in [1.165, 1.54) is 11.1 Å². The summed E-state index contributed by atoms with van der Waals surface area (Å²) < 4.78 is 8.34. The Hall–Kier alpha value is -2.82. The third kappa shape index (κ3) is 6.84. The van der Waals surface area contributed by atoms with Crippen LogP contribution in [0.4, 0.5) is 0 Å². The summed E-state index contributed by atoms with van der Waals surface area (Å²) in [5.41, 5.74) is 3.72. The molecule has 1 aromatic heterocycles. The van der Waals surface area contributed by atoms with Gasteiger partial charge in [0, 0.05) is 26.4 Å². The Morgan fingerprint density at radius 1 is 1.00 bits per heavy atom. The normalized spacial score (nSPS) is 11.6. The van der Waals surface area contributed by atoms with Crippen molar-refractivity contribution in [2.75, 3.05) is 13.2 Å². The molecule has 1 N–H and O–H groups in total. The average Bonchev–Trinajstić information content (AvgIpc) is 3.10. The van der Waals surface area contributed by atoms with E-state index < -0.39 is 0 Å². The zero-order valence-corrected chi connectivity index (χ0v) is 20.0. The van der Waals surface area contributed by atoms with Gasteiger partial charge in [0.25, 0.3) is 0 Å². The van der Waals surface area contributed by atoms with Gasteiger partial charge in [-0.2, -0.15) is 0 Å². The van der Waals surface area contributed by atoms with Crippen molar-refractivity contribution in [1.82, 2.24) is 14.9 Å². The Labute approximate surface area is 192 Å². The molecule has 32 heavy (non-hydrogen) atoms. The van der Waals surface area contributed by atoms with Crippen LogP contribution in [0.1, 0.15) is 64.8 Å². The van der Waals surface area contributed by atoms with Gasteiger partial charge < -0.3 is 14.6 Å². The van der Waals surface area contributed by atoms with E-state index >= 15 is 0 Å². The van der Waals surface area contributed by atoms with E-state index in [4.69, 9.17) is 9.72 Å². The van der Waals surface area contributed by atoms with Crippen molar-refractivity contribution < 1.29 is 9.53 Å². The zero-order valence-electron chi connectivity index (χ0n) is 20.0. The molecule has 1 amide bonds. The number of nitrogens with one attached hydrogen (secondary N) is 1. The van der Waals surface area contributed by atoms with Crippen LogP contribution >= 0.6 is 0 Å². The molecular formula is C27H37N3O2. The predicted octanol–water partition coefficient (Wildman–Crippen LogP) is 5.65. The van der Waals surface area contributed by atoms with Crippen molar-refractivity contribution in [2.24, 2.45) is 0 Å². The van der Waals surface area contributed by atoms with Crippen molar-refractivity contribution in [1.29, 1.82) is 0 Å². The van der Waals surface area contributed by atoms with Gasteiger partial charge in [0.15, 0.2) is 0 Å². The van der Waals surface area contributed by atoms with E-state index in [2.05, 4.69) is 73.1 Å². The van der Waals surface area contributed by atoms with Gasteiger partial charge in [-0.3, -0.25) is 4.79 Å². The van der Waals surface area contributed by atoms with Crippen LogP contribution in [0.2, 0.25) is 0 Å². The van der Waals surface area contributed by atoms with Gasteiger partial charge in [0.2, 0.25) is 5.91 Å². The lowest BCUT2D eigenvalue weighted by Gasteiger charge is -2.19. The number of unbranched alkanes of at least 4 members (excludes halogenated alkanes) is 2.